The highest BCUT2D eigenvalue weighted by molar-refractivity contribution is 7.80. The van der Waals surface area contributed by atoms with E-state index in [1.165, 1.54) is 4.90 Å². The molecule has 13 heteroatoms. The molecule has 1 aliphatic heterocycles. The molecule has 6 nitrogen and oxygen atoms in total. The van der Waals surface area contributed by atoms with E-state index in [2.05, 4.69) is 0 Å². The molecule has 0 bridgehead atoms. The Morgan fingerprint density at radius 2 is 1.56 bits per heavy atom. The number of hydrogen-bond donors (Lipinski definition) is 2. The van der Waals surface area contributed by atoms with E-state index >= 15 is 0 Å². The fraction of sp³-hybridized carbons (Fsp3) is 0.579. The van der Waals surface area contributed by atoms with Gasteiger partial charge < -0.3 is 24.7 Å². The van der Waals surface area contributed by atoms with Gasteiger partial charge in [0.25, 0.3) is 5.60 Å². The summed E-state index contributed by atoms with van der Waals surface area (Å²) in [7, 11) is 0. The maximum atomic E-state index is 13.1. The number of benzene rings is 1. The largest absolute Gasteiger partial charge is 0.481 e. The summed E-state index contributed by atoms with van der Waals surface area (Å²) in [4.78, 5) is 14.0. The van der Waals surface area contributed by atoms with Gasteiger partial charge in [0.05, 0.1) is 13.2 Å². The fourth-order valence-corrected chi connectivity index (χ4v) is 3.56. The standard InChI is InChI=1S/C19H22F6N2O4S/c20-18(21,22)17(30,19(23,24)25)13-4-6-14(7-5-13)27(8-2-1-3-15(28)29)16(32)26-9-11-31-12-10-26/h4-7,30H,1-3,8-12H2,(H,28,29). The molecular formula is C19H22F6N2O4S. The molecule has 1 aliphatic rings. The zero-order chi connectivity index (χ0) is 24.2. The smallest absolute Gasteiger partial charge is 0.430 e. The Labute approximate surface area is 185 Å². The van der Waals surface area contributed by atoms with Crippen molar-refractivity contribution >= 4 is 29.0 Å². The Kier molecular flexibility index (Phi) is 8.34. The Hall–Kier alpha value is -2.12. The van der Waals surface area contributed by atoms with Gasteiger partial charge in [0.2, 0.25) is 0 Å². The Bertz CT molecular complexity index is 780. The third kappa shape index (κ3) is 5.81. The van der Waals surface area contributed by atoms with Crippen molar-refractivity contribution in [2.45, 2.75) is 37.2 Å². The third-order valence-corrected chi connectivity index (χ3v) is 5.43. The molecule has 1 aromatic rings. The maximum Gasteiger partial charge on any atom is 0.430 e. The second-order valence-corrected chi connectivity index (χ2v) is 7.50. The number of hydrogen-bond acceptors (Lipinski definition) is 4. The number of anilines is 1. The number of morpholine rings is 1. The lowest BCUT2D eigenvalue weighted by Crippen LogP contribution is -2.54. The van der Waals surface area contributed by atoms with E-state index in [9.17, 15) is 36.2 Å². The van der Waals surface area contributed by atoms with Gasteiger partial charge in [0.15, 0.2) is 5.11 Å². The third-order valence-electron chi connectivity index (χ3n) is 4.95. The van der Waals surface area contributed by atoms with Gasteiger partial charge in [-0.2, -0.15) is 26.3 Å². The van der Waals surface area contributed by atoms with E-state index in [0.717, 1.165) is 12.1 Å². The minimum Gasteiger partial charge on any atom is -0.481 e. The molecule has 1 aromatic carbocycles. The zero-order valence-corrected chi connectivity index (χ0v) is 17.6. The molecule has 1 heterocycles. The summed E-state index contributed by atoms with van der Waals surface area (Å²) in [5.41, 5.74) is -6.17. The van der Waals surface area contributed by atoms with Crippen molar-refractivity contribution in [1.82, 2.24) is 4.90 Å². The van der Waals surface area contributed by atoms with Crippen molar-refractivity contribution < 1.29 is 46.1 Å². The van der Waals surface area contributed by atoms with Gasteiger partial charge in [-0.05, 0) is 37.2 Å². The zero-order valence-electron chi connectivity index (χ0n) is 16.7. The summed E-state index contributed by atoms with van der Waals surface area (Å²) in [5, 5.41) is 18.6. The number of ether oxygens (including phenoxy) is 1. The number of thiocarbonyl (C=S) groups is 1. The van der Waals surface area contributed by atoms with Crippen LogP contribution >= 0.6 is 12.2 Å². The number of rotatable bonds is 7. The van der Waals surface area contributed by atoms with E-state index < -0.39 is 29.5 Å². The number of carboxylic acids is 1. The summed E-state index contributed by atoms with van der Waals surface area (Å²) in [6.45, 7) is 1.90. The Morgan fingerprint density at radius 1 is 1.03 bits per heavy atom. The Morgan fingerprint density at radius 3 is 2.03 bits per heavy atom. The van der Waals surface area contributed by atoms with Crippen molar-refractivity contribution in [2.75, 3.05) is 37.7 Å². The number of halogens is 6. The summed E-state index contributed by atoms with van der Waals surface area (Å²) in [6, 6.07) is 3.15. The van der Waals surface area contributed by atoms with Gasteiger partial charge >= 0.3 is 18.3 Å². The van der Waals surface area contributed by atoms with Crippen LogP contribution in [0, 0.1) is 0 Å². The monoisotopic (exact) mass is 488 g/mol. The van der Waals surface area contributed by atoms with Gasteiger partial charge in [-0.1, -0.05) is 12.1 Å². The molecule has 0 aliphatic carbocycles. The molecule has 32 heavy (non-hydrogen) atoms. The summed E-state index contributed by atoms with van der Waals surface area (Å²) >= 11 is 5.47. The number of nitrogens with zero attached hydrogens (tertiary/aromatic N) is 2. The topological polar surface area (TPSA) is 73.2 Å². The van der Waals surface area contributed by atoms with Gasteiger partial charge in [-0.15, -0.1) is 0 Å². The Balaban J connectivity index is 2.32. The molecule has 0 saturated carbocycles. The fourth-order valence-electron chi connectivity index (χ4n) is 3.18. The van der Waals surface area contributed by atoms with Gasteiger partial charge in [0, 0.05) is 37.3 Å². The molecule has 0 amide bonds. The highest BCUT2D eigenvalue weighted by atomic mass is 32.1. The summed E-state index contributed by atoms with van der Waals surface area (Å²) in [6.07, 6.45) is -11.4. The van der Waals surface area contributed by atoms with Crippen LogP contribution in [0.4, 0.5) is 32.0 Å². The molecule has 0 radical (unpaired) electrons. The molecule has 2 N–H and O–H groups in total. The summed E-state index contributed by atoms with van der Waals surface area (Å²) < 4.78 is 84.0. The first kappa shape index (κ1) is 26.1. The first-order chi connectivity index (χ1) is 14.8. The van der Waals surface area contributed by atoms with E-state index in [0.29, 0.717) is 56.4 Å². The van der Waals surface area contributed by atoms with E-state index in [1.807, 2.05) is 0 Å². The predicted octanol–water partition coefficient (Wildman–Crippen LogP) is 3.68. The van der Waals surface area contributed by atoms with Crippen LogP contribution in [0.2, 0.25) is 0 Å². The normalized spacial score (nSPS) is 15.5. The van der Waals surface area contributed by atoms with Gasteiger partial charge in [0.1, 0.15) is 0 Å². The van der Waals surface area contributed by atoms with Crippen molar-refractivity contribution in [1.29, 1.82) is 0 Å². The first-order valence-corrected chi connectivity index (χ1v) is 10.0. The molecular weight excluding hydrogens is 466 g/mol. The number of alkyl halides is 6. The molecule has 180 valence electrons. The van der Waals surface area contributed by atoms with Crippen LogP contribution in [-0.2, 0) is 15.1 Å². The lowest BCUT2D eigenvalue weighted by atomic mass is 9.92. The first-order valence-electron chi connectivity index (χ1n) is 9.61. The number of unbranched alkanes of at least 4 members (excludes halogenated alkanes) is 1. The highest BCUT2D eigenvalue weighted by Gasteiger charge is 2.71. The maximum absolute atomic E-state index is 13.1. The SMILES string of the molecule is O=C(O)CCCCN(C(=S)N1CCOCC1)c1ccc(C(O)(C(F)(F)F)C(F)(F)F)cc1. The lowest BCUT2D eigenvalue weighted by molar-refractivity contribution is -0.376. The van der Waals surface area contributed by atoms with Crippen LogP contribution in [0.5, 0.6) is 0 Å². The van der Waals surface area contributed by atoms with Crippen LogP contribution in [0.3, 0.4) is 0 Å². The minimum atomic E-state index is -5.98. The molecule has 1 saturated heterocycles. The summed E-state index contributed by atoms with van der Waals surface area (Å²) in [5.74, 6) is -0.991. The van der Waals surface area contributed by atoms with Gasteiger partial charge in [-0.25, -0.2) is 0 Å². The van der Waals surface area contributed by atoms with Crippen LogP contribution in [-0.4, -0.2) is 71.4 Å². The number of carbonyl (C=O) groups is 1. The predicted molar refractivity (Wildman–Crippen MR) is 106 cm³/mol. The quantitative estimate of drug-likeness (QED) is 0.345. The molecule has 0 aromatic heterocycles. The minimum absolute atomic E-state index is 0.0959. The van der Waals surface area contributed by atoms with Crippen molar-refractivity contribution in [3.8, 4) is 0 Å². The van der Waals surface area contributed by atoms with Crippen LogP contribution < -0.4 is 4.90 Å². The van der Waals surface area contributed by atoms with E-state index in [1.54, 1.807) is 4.90 Å². The van der Waals surface area contributed by atoms with E-state index in [-0.39, 0.29) is 18.7 Å². The lowest BCUT2D eigenvalue weighted by Gasteiger charge is -2.36. The second kappa shape index (κ2) is 10.2. The average molecular weight is 488 g/mol. The molecule has 0 atom stereocenters. The van der Waals surface area contributed by atoms with Crippen molar-refractivity contribution in [3.63, 3.8) is 0 Å². The highest BCUT2D eigenvalue weighted by Crippen LogP contribution is 2.50. The second-order valence-electron chi connectivity index (χ2n) is 7.14. The number of aliphatic hydroxyl groups is 1. The molecule has 1 fully saturated rings. The number of carboxylic acid groups (broad SMARTS) is 1. The number of aliphatic carboxylic acids is 1. The van der Waals surface area contributed by atoms with Crippen LogP contribution in [0.25, 0.3) is 0 Å². The molecule has 2 rings (SSSR count). The molecule has 0 unspecified atom stereocenters. The van der Waals surface area contributed by atoms with Crippen molar-refractivity contribution in [2.24, 2.45) is 0 Å². The van der Waals surface area contributed by atoms with Crippen molar-refractivity contribution in [3.05, 3.63) is 29.8 Å². The molecule has 0 spiro atoms. The van der Waals surface area contributed by atoms with Crippen LogP contribution in [0.1, 0.15) is 24.8 Å². The van der Waals surface area contributed by atoms with Gasteiger partial charge in [-0.3, -0.25) is 4.79 Å². The van der Waals surface area contributed by atoms with E-state index in [4.69, 9.17) is 22.1 Å². The average Bonchev–Trinajstić information content (AvgIpc) is 2.72. The van der Waals surface area contributed by atoms with Crippen LogP contribution in [0.15, 0.2) is 24.3 Å².